The molecule has 25 heavy (non-hydrogen) atoms. The third kappa shape index (κ3) is 3.31. The van der Waals surface area contributed by atoms with Gasteiger partial charge in [0.15, 0.2) is 5.82 Å². The van der Waals surface area contributed by atoms with Crippen LogP contribution in [0.1, 0.15) is 0 Å². The molecular formula is C16H14F2N6O. The summed E-state index contributed by atoms with van der Waals surface area (Å²) in [4.78, 5) is 15.1. The minimum atomic E-state index is -0.691. The summed E-state index contributed by atoms with van der Waals surface area (Å²) in [6.45, 7) is 2.37. The molecule has 1 saturated heterocycles. The summed E-state index contributed by atoms with van der Waals surface area (Å²) < 4.78 is 34.0. The summed E-state index contributed by atoms with van der Waals surface area (Å²) in [5.41, 5.74) is 0.239. The zero-order valence-corrected chi connectivity index (χ0v) is 13.1. The minimum Gasteiger partial charge on any atom is -0.378 e. The first-order valence-corrected chi connectivity index (χ1v) is 7.74. The molecule has 3 heterocycles. The van der Waals surface area contributed by atoms with Gasteiger partial charge in [-0.1, -0.05) is 0 Å². The average Bonchev–Trinajstić information content (AvgIpc) is 3.16. The van der Waals surface area contributed by atoms with Crippen molar-refractivity contribution in [1.29, 1.82) is 0 Å². The first-order chi connectivity index (χ1) is 12.2. The maximum absolute atomic E-state index is 13.6. The van der Waals surface area contributed by atoms with Crippen LogP contribution in [0, 0.1) is 11.6 Å². The topological polar surface area (TPSA) is 69.0 Å². The van der Waals surface area contributed by atoms with E-state index in [4.69, 9.17) is 4.74 Å². The number of benzene rings is 1. The highest BCUT2D eigenvalue weighted by atomic mass is 19.1. The Morgan fingerprint density at radius 3 is 2.32 bits per heavy atom. The minimum absolute atomic E-state index is 0.181. The average molecular weight is 344 g/mol. The SMILES string of the molecule is Fc1cc(F)cc(-c2nc(N3CCOCC3)nc(-n3cccn3)n2)c1. The summed E-state index contributed by atoms with van der Waals surface area (Å²) in [7, 11) is 0. The first kappa shape index (κ1) is 15.6. The van der Waals surface area contributed by atoms with Gasteiger partial charge in [-0.25, -0.2) is 13.5 Å². The molecule has 7 nitrogen and oxygen atoms in total. The molecule has 128 valence electrons. The van der Waals surface area contributed by atoms with Crippen molar-refractivity contribution < 1.29 is 13.5 Å². The van der Waals surface area contributed by atoms with E-state index in [1.807, 2.05) is 4.90 Å². The molecule has 0 radical (unpaired) electrons. The molecule has 1 aliphatic rings. The van der Waals surface area contributed by atoms with E-state index in [9.17, 15) is 8.78 Å². The van der Waals surface area contributed by atoms with Gasteiger partial charge in [-0.15, -0.1) is 0 Å². The Bertz CT molecular complexity index is 860. The van der Waals surface area contributed by atoms with Crippen molar-refractivity contribution in [1.82, 2.24) is 24.7 Å². The molecule has 0 amide bonds. The van der Waals surface area contributed by atoms with Gasteiger partial charge in [0.1, 0.15) is 11.6 Å². The number of rotatable bonds is 3. The second kappa shape index (κ2) is 6.52. The van der Waals surface area contributed by atoms with E-state index in [0.29, 0.717) is 32.3 Å². The fourth-order valence-corrected chi connectivity index (χ4v) is 2.56. The third-order valence-electron chi connectivity index (χ3n) is 3.74. The zero-order valence-electron chi connectivity index (χ0n) is 13.1. The number of hydrogen-bond donors (Lipinski definition) is 0. The van der Waals surface area contributed by atoms with Crippen molar-refractivity contribution in [2.45, 2.75) is 0 Å². The summed E-state index contributed by atoms with van der Waals surface area (Å²) >= 11 is 0. The molecule has 0 bridgehead atoms. The number of nitrogens with zero attached hydrogens (tertiary/aromatic N) is 6. The Balaban J connectivity index is 1.83. The predicted molar refractivity (Wildman–Crippen MR) is 85.3 cm³/mol. The van der Waals surface area contributed by atoms with E-state index in [0.717, 1.165) is 6.07 Å². The monoisotopic (exact) mass is 344 g/mol. The van der Waals surface area contributed by atoms with Crippen LogP contribution >= 0.6 is 0 Å². The number of anilines is 1. The largest absolute Gasteiger partial charge is 0.378 e. The van der Waals surface area contributed by atoms with Crippen LogP contribution in [0.25, 0.3) is 17.3 Å². The van der Waals surface area contributed by atoms with Crippen LogP contribution in [0.3, 0.4) is 0 Å². The Hall–Kier alpha value is -2.94. The van der Waals surface area contributed by atoms with Crippen molar-refractivity contribution in [2.24, 2.45) is 0 Å². The quantitative estimate of drug-likeness (QED) is 0.722. The maximum atomic E-state index is 13.6. The Kier molecular flexibility index (Phi) is 4.06. The molecule has 9 heteroatoms. The summed E-state index contributed by atoms with van der Waals surface area (Å²) in [6.07, 6.45) is 3.29. The van der Waals surface area contributed by atoms with Gasteiger partial charge in [-0.05, 0) is 18.2 Å². The molecule has 0 saturated carbocycles. The number of ether oxygens (including phenoxy) is 1. The fraction of sp³-hybridized carbons (Fsp3) is 0.250. The van der Waals surface area contributed by atoms with Gasteiger partial charge in [0.05, 0.1) is 13.2 Å². The molecule has 4 rings (SSSR count). The molecular weight excluding hydrogens is 330 g/mol. The number of aromatic nitrogens is 5. The summed E-state index contributed by atoms with van der Waals surface area (Å²) in [5.74, 6) is -0.502. The standard InChI is InChI=1S/C16H14F2N6O/c17-12-8-11(9-13(18)10-12)14-20-15(23-4-6-25-7-5-23)22-16(21-14)24-3-1-2-19-24/h1-3,8-10H,4-7H2. The molecule has 3 aromatic rings. The van der Waals surface area contributed by atoms with Gasteiger partial charge >= 0.3 is 0 Å². The van der Waals surface area contributed by atoms with Crippen LogP contribution in [-0.2, 0) is 4.74 Å². The smallest absolute Gasteiger partial charge is 0.255 e. The lowest BCUT2D eigenvalue weighted by atomic mass is 10.2. The molecule has 0 spiro atoms. The highest BCUT2D eigenvalue weighted by Crippen LogP contribution is 2.22. The van der Waals surface area contributed by atoms with Gasteiger partial charge in [0.2, 0.25) is 5.95 Å². The van der Waals surface area contributed by atoms with Crippen molar-refractivity contribution in [3.05, 3.63) is 48.3 Å². The molecule has 0 aliphatic carbocycles. The fourth-order valence-electron chi connectivity index (χ4n) is 2.56. The lowest BCUT2D eigenvalue weighted by Crippen LogP contribution is -2.37. The van der Waals surface area contributed by atoms with Crippen LogP contribution in [0.2, 0.25) is 0 Å². The molecule has 2 aromatic heterocycles. The highest BCUT2D eigenvalue weighted by Gasteiger charge is 2.18. The second-order valence-corrected chi connectivity index (χ2v) is 5.47. The van der Waals surface area contributed by atoms with E-state index in [1.54, 1.807) is 18.5 Å². The van der Waals surface area contributed by atoms with Gasteiger partial charge in [0.25, 0.3) is 5.95 Å². The Morgan fingerprint density at radius 1 is 0.920 bits per heavy atom. The van der Waals surface area contributed by atoms with Crippen LogP contribution in [0.15, 0.2) is 36.7 Å². The summed E-state index contributed by atoms with van der Waals surface area (Å²) in [5, 5.41) is 4.12. The Morgan fingerprint density at radius 2 is 1.64 bits per heavy atom. The van der Waals surface area contributed by atoms with Crippen LogP contribution in [-0.4, -0.2) is 51.0 Å². The van der Waals surface area contributed by atoms with Crippen molar-refractivity contribution in [3.8, 4) is 17.3 Å². The lowest BCUT2D eigenvalue weighted by Gasteiger charge is -2.27. The highest BCUT2D eigenvalue weighted by molar-refractivity contribution is 5.57. The van der Waals surface area contributed by atoms with E-state index in [-0.39, 0.29) is 17.3 Å². The van der Waals surface area contributed by atoms with E-state index >= 15 is 0 Å². The van der Waals surface area contributed by atoms with E-state index < -0.39 is 11.6 Å². The molecule has 1 aliphatic heterocycles. The van der Waals surface area contributed by atoms with Gasteiger partial charge in [-0.2, -0.15) is 20.1 Å². The molecule has 1 fully saturated rings. The predicted octanol–water partition coefficient (Wildman–Crippen LogP) is 1.84. The lowest BCUT2D eigenvalue weighted by molar-refractivity contribution is 0.122. The van der Waals surface area contributed by atoms with Crippen molar-refractivity contribution >= 4 is 5.95 Å². The van der Waals surface area contributed by atoms with Gasteiger partial charge in [-0.3, -0.25) is 0 Å². The van der Waals surface area contributed by atoms with Crippen LogP contribution in [0.4, 0.5) is 14.7 Å². The van der Waals surface area contributed by atoms with Gasteiger partial charge < -0.3 is 9.64 Å². The number of hydrogen-bond acceptors (Lipinski definition) is 6. The molecule has 0 atom stereocenters. The first-order valence-electron chi connectivity index (χ1n) is 7.74. The maximum Gasteiger partial charge on any atom is 0.255 e. The molecule has 0 N–H and O–H groups in total. The third-order valence-corrected chi connectivity index (χ3v) is 3.74. The summed E-state index contributed by atoms with van der Waals surface area (Å²) in [6, 6.07) is 4.92. The number of morpholine rings is 1. The van der Waals surface area contributed by atoms with E-state index in [2.05, 4.69) is 20.1 Å². The van der Waals surface area contributed by atoms with E-state index in [1.165, 1.54) is 16.8 Å². The Labute approximate surface area is 141 Å². The normalized spacial score (nSPS) is 14.7. The second-order valence-electron chi connectivity index (χ2n) is 5.47. The zero-order chi connectivity index (χ0) is 17.2. The van der Waals surface area contributed by atoms with Crippen molar-refractivity contribution in [2.75, 3.05) is 31.2 Å². The van der Waals surface area contributed by atoms with Crippen molar-refractivity contribution in [3.63, 3.8) is 0 Å². The number of halogens is 2. The van der Waals surface area contributed by atoms with Gasteiger partial charge in [0, 0.05) is 37.1 Å². The van der Waals surface area contributed by atoms with Crippen LogP contribution in [0.5, 0.6) is 0 Å². The molecule has 1 aromatic carbocycles. The van der Waals surface area contributed by atoms with Crippen LogP contribution < -0.4 is 4.90 Å². The molecule has 0 unspecified atom stereocenters.